The van der Waals surface area contributed by atoms with Gasteiger partial charge in [0, 0.05) is 24.9 Å². The molecule has 2 N–H and O–H groups in total. The van der Waals surface area contributed by atoms with Gasteiger partial charge in [0.25, 0.3) is 0 Å². The van der Waals surface area contributed by atoms with E-state index in [4.69, 9.17) is 9.84 Å². The predicted molar refractivity (Wildman–Crippen MR) is 74.3 cm³/mol. The zero-order valence-electron chi connectivity index (χ0n) is 11.0. The molecule has 0 amide bonds. The number of aliphatic hydroxyl groups is 1. The summed E-state index contributed by atoms with van der Waals surface area (Å²) in [6, 6.07) is 11.6. The van der Waals surface area contributed by atoms with Crippen LogP contribution < -0.4 is 10.1 Å². The average Bonchev–Trinajstić information content (AvgIpc) is 2.44. The van der Waals surface area contributed by atoms with Crippen LogP contribution in [0.1, 0.15) is 11.1 Å². The van der Waals surface area contributed by atoms with E-state index in [1.165, 1.54) is 0 Å². The summed E-state index contributed by atoms with van der Waals surface area (Å²) in [5, 5.41) is 12.2. The number of aromatic nitrogens is 1. The first kappa shape index (κ1) is 13.5. The second-order valence-electron chi connectivity index (χ2n) is 4.18. The van der Waals surface area contributed by atoms with E-state index >= 15 is 0 Å². The van der Waals surface area contributed by atoms with Crippen molar-refractivity contribution in [1.82, 2.24) is 10.3 Å². The molecule has 0 radical (unpaired) electrons. The Kier molecular flexibility index (Phi) is 4.89. The van der Waals surface area contributed by atoms with Gasteiger partial charge >= 0.3 is 0 Å². The fraction of sp³-hybridized carbons (Fsp3) is 0.267. The van der Waals surface area contributed by atoms with Gasteiger partial charge in [-0.05, 0) is 31.2 Å². The van der Waals surface area contributed by atoms with Gasteiger partial charge in [-0.1, -0.05) is 24.3 Å². The van der Waals surface area contributed by atoms with Crippen LogP contribution in [0, 0.1) is 0 Å². The Hall–Kier alpha value is -1.91. The Bertz CT molecular complexity index is 482. The first-order chi connectivity index (χ1) is 9.35. The topological polar surface area (TPSA) is 54.4 Å². The molecule has 0 unspecified atom stereocenters. The highest BCUT2D eigenvalue weighted by Gasteiger charge is 2.08. The number of rotatable bonds is 6. The SMILES string of the molecule is CNCc1cccnc1Oc1ccccc1CCO. The smallest absolute Gasteiger partial charge is 0.223 e. The molecule has 2 aromatic rings. The van der Waals surface area contributed by atoms with Crippen LogP contribution in [-0.2, 0) is 13.0 Å². The fourth-order valence-corrected chi connectivity index (χ4v) is 1.88. The second kappa shape index (κ2) is 6.87. The van der Waals surface area contributed by atoms with Gasteiger partial charge in [-0.25, -0.2) is 4.98 Å². The lowest BCUT2D eigenvalue weighted by molar-refractivity contribution is 0.297. The Labute approximate surface area is 113 Å². The van der Waals surface area contributed by atoms with Crippen LogP contribution in [0.2, 0.25) is 0 Å². The van der Waals surface area contributed by atoms with Gasteiger partial charge in [-0.15, -0.1) is 0 Å². The van der Waals surface area contributed by atoms with Crippen LogP contribution in [0.4, 0.5) is 0 Å². The van der Waals surface area contributed by atoms with E-state index in [0.717, 1.165) is 16.9 Å². The molecule has 4 nitrogen and oxygen atoms in total. The van der Waals surface area contributed by atoms with Crippen molar-refractivity contribution in [2.24, 2.45) is 0 Å². The average molecular weight is 258 g/mol. The zero-order valence-corrected chi connectivity index (χ0v) is 11.0. The number of pyridine rings is 1. The quantitative estimate of drug-likeness (QED) is 0.833. The summed E-state index contributed by atoms with van der Waals surface area (Å²) in [5.74, 6) is 1.34. The molecular formula is C15H18N2O2. The molecule has 0 aliphatic carbocycles. The minimum Gasteiger partial charge on any atom is -0.438 e. The second-order valence-corrected chi connectivity index (χ2v) is 4.18. The molecule has 4 heteroatoms. The maximum atomic E-state index is 9.07. The Morgan fingerprint density at radius 3 is 2.74 bits per heavy atom. The molecule has 0 spiro atoms. The lowest BCUT2D eigenvalue weighted by atomic mass is 10.1. The van der Waals surface area contributed by atoms with Crippen LogP contribution >= 0.6 is 0 Å². The first-order valence-corrected chi connectivity index (χ1v) is 6.30. The number of benzene rings is 1. The number of para-hydroxylation sites is 1. The highest BCUT2D eigenvalue weighted by atomic mass is 16.5. The van der Waals surface area contributed by atoms with E-state index in [1.54, 1.807) is 6.20 Å². The molecule has 0 bridgehead atoms. The Morgan fingerprint density at radius 2 is 1.95 bits per heavy atom. The highest BCUT2D eigenvalue weighted by molar-refractivity contribution is 5.38. The minimum atomic E-state index is 0.103. The standard InChI is InChI=1S/C15H18N2O2/c1-16-11-13-6-4-9-17-15(13)19-14-7-3-2-5-12(14)8-10-18/h2-7,9,16,18H,8,10-11H2,1H3. The van der Waals surface area contributed by atoms with Gasteiger partial charge in [-0.2, -0.15) is 0 Å². The third-order valence-electron chi connectivity index (χ3n) is 2.78. The van der Waals surface area contributed by atoms with Crippen LogP contribution in [0.15, 0.2) is 42.6 Å². The van der Waals surface area contributed by atoms with Crippen molar-refractivity contribution in [2.45, 2.75) is 13.0 Å². The highest BCUT2D eigenvalue weighted by Crippen LogP contribution is 2.26. The lowest BCUT2D eigenvalue weighted by Gasteiger charge is -2.12. The summed E-state index contributed by atoms with van der Waals surface area (Å²) >= 11 is 0. The molecule has 19 heavy (non-hydrogen) atoms. The van der Waals surface area contributed by atoms with Crippen molar-refractivity contribution in [3.63, 3.8) is 0 Å². The number of hydrogen-bond donors (Lipinski definition) is 2. The zero-order chi connectivity index (χ0) is 13.5. The van der Waals surface area contributed by atoms with Crippen molar-refractivity contribution in [2.75, 3.05) is 13.7 Å². The predicted octanol–water partition coefficient (Wildman–Crippen LogP) is 2.13. The fourth-order valence-electron chi connectivity index (χ4n) is 1.88. The normalized spacial score (nSPS) is 10.4. The molecule has 100 valence electrons. The molecule has 0 saturated heterocycles. The van der Waals surface area contributed by atoms with Crippen molar-refractivity contribution < 1.29 is 9.84 Å². The van der Waals surface area contributed by atoms with E-state index in [2.05, 4.69) is 10.3 Å². The van der Waals surface area contributed by atoms with E-state index in [0.29, 0.717) is 18.8 Å². The summed E-state index contributed by atoms with van der Waals surface area (Å²) in [7, 11) is 1.89. The van der Waals surface area contributed by atoms with Gasteiger partial charge in [0.15, 0.2) is 0 Å². The largest absolute Gasteiger partial charge is 0.438 e. The van der Waals surface area contributed by atoms with Crippen LogP contribution in [0.25, 0.3) is 0 Å². The molecule has 1 heterocycles. The van der Waals surface area contributed by atoms with Crippen LogP contribution in [0.5, 0.6) is 11.6 Å². The van der Waals surface area contributed by atoms with Gasteiger partial charge in [0.1, 0.15) is 5.75 Å². The van der Waals surface area contributed by atoms with Crippen molar-refractivity contribution in [1.29, 1.82) is 0 Å². The van der Waals surface area contributed by atoms with Gasteiger partial charge < -0.3 is 15.2 Å². The number of nitrogens with one attached hydrogen (secondary N) is 1. The summed E-state index contributed by atoms with van der Waals surface area (Å²) in [6.45, 7) is 0.803. The maximum absolute atomic E-state index is 9.07. The van der Waals surface area contributed by atoms with Crippen molar-refractivity contribution in [3.8, 4) is 11.6 Å². The van der Waals surface area contributed by atoms with Gasteiger partial charge in [0.05, 0.1) is 0 Å². The Balaban J connectivity index is 2.25. The van der Waals surface area contributed by atoms with E-state index in [-0.39, 0.29) is 6.61 Å². The van der Waals surface area contributed by atoms with Crippen LogP contribution in [0.3, 0.4) is 0 Å². The molecule has 0 aliphatic rings. The first-order valence-electron chi connectivity index (χ1n) is 6.30. The molecular weight excluding hydrogens is 240 g/mol. The maximum Gasteiger partial charge on any atom is 0.223 e. The van der Waals surface area contributed by atoms with E-state index < -0.39 is 0 Å². The van der Waals surface area contributed by atoms with E-state index in [1.807, 2.05) is 43.4 Å². The summed E-state index contributed by atoms with van der Waals surface area (Å²) in [4.78, 5) is 4.27. The molecule has 1 aromatic carbocycles. The van der Waals surface area contributed by atoms with E-state index in [9.17, 15) is 0 Å². The summed E-state index contributed by atoms with van der Waals surface area (Å²) in [6.07, 6.45) is 2.29. The molecule has 0 saturated carbocycles. The minimum absolute atomic E-state index is 0.103. The number of aliphatic hydroxyl groups excluding tert-OH is 1. The number of ether oxygens (including phenoxy) is 1. The molecule has 0 atom stereocenters. The Morgan fingerprint density at radius 1 is 1.16 bits per heavy atom. The molecule has 0 aliphatic heterocycles. The van der Waals surface area contributed by atoms with Crippen molar-refractivity contribution >= 4 is 0 Å². The number of nitrogens with zero attached hydrogens (tertiary/aromatic N) is 1. The summed E-state index contributed by atoms with van der Waals surface area (Å²) < 4.78 is 5.88. The third kappa shape index (κ3) is 3.53. The van der Waals surface area contributed by atoms with Crippen molar-refractivity contribution in [3.05, 3.63) is 53.7 Å². The number of hydrogen-bond acceptors (Lipinski definition) is 4. The lowest BCUT2D eigenvalue weighted by Crippen LogP contribution is -2.07. The third-order valence-corrected chi connectivity index (χ3v) is 2.78. The van der Waals surface area contributed by atoms with Crippen LogP contribution in [-0.4, -0.2) is 23.7 Å². The van der Waals surface area contributed by atoms with Gasteiger partial charge in [0.2, 0.25) is 5.88 Å². The van der Waals surface area contributed by atoms with Gasteiger partial charge in [-0.3, -0.25) is 0 Å². The molecule has 2 rings (SSSR count). The molecule has 0 fully saturated rings. The monoisotopic (exact) mass is 258 g/mol. The molecule has 1 aromatic heterocycles. The summed E-state index contributed by atoms with van der Waals surface area (Å²) in [5.41, 5.74) is 1.98.